The topological polar surface area (TPSA) is 26.3 Å². The Bertz CT molecular complexity index is 228. The highest BCUT2D eigenvalue weighted by molar-refractivity contribution is 5.50. The zero-order chi connectivity index (χ0) is 10.6. The van der Waals surface area contributed by atoms with Gasteiger partial charge >= 0.3 is 0 Å². The molecule has 1 aliphatic rings. The van der Waals surface area contributed by atoms with Crippen LogP contribution in [0.4, 0.5) is 0 Å². The van der Waals surface area contributed by atoms with Crippen molar-refractivity contribution in [3.05, 3.63) is 11.6 Å². The van der Waals surface area contributed by atoms with Crippen molar-refractivity contribution in [1.82, 2.24) is 0 Å². The fraction of sp³-hybridized carbons (Fsp3) is 0.750. The molecule has 1 aliphatic carbocycles. The Morgan fingerprint density at radius 1 is 1.64 bits per heavy atom. The SMILES string of the molecule is CCOCC1=CC[C@H](CC=O)C1(C)C. The summed E-state index contributed by atoms with van der Waals surface area (Å²) in [5.41, 5.74) is 1.49. The number of hydrogen-bond donors (Lipinski definition) is 0. The lowest BCUT2D eigenvalue weighted by atomic mass is 9.76. The molecule has 0 aromatic heterocycles. The van der Waals surface area contributed by atoms with Crippen LogP contribution >= 0.6 is 0 Å². The van der Waals surface area contributed by atoms with Crippen LogP contribution in [0.15, 0.2) is 11.6 Å². The predicted molar refractivity (Wildman–Crippen MR) is 57.1 cm³/mol. The molecule has 0 bridgehead atoms. The first-order valence-corrected chi connectivity index (χ1v) is 5.33. The zero-order valence-corrected chi connectivity index (χ0v) is 9.38. The molecule has 1 atom stereocenters. The molecular weight excluding hydrogens is 176 g/mol. The van der Waals surface area contributed by atoms with Gasteiger partial charge in [0.05, 0.1) is 6.61 Å². The maximum atomic E-state index is 10.5. The lowest BCUT2D eigenvalue weighted by Gasteiger charge is -2.29. The van der Waals surface area contributed by atoms with Crippen molar-refractivity contribution in [2.45, 2.75) is 33.6 Å². The van der Waals surface area contributed by atoms with Crippen LogP contribution in [0, 0.1) is 11.3 Å². The van der Waals surface area contributed by atoms with Crippen molar-refractivity contribution in [2.75, 3.05) is 13.2 Å². The summed E-state index contributed by atoms with van der Waals surface area (Å²) in [6.07, 6.45) is 4.96. The van der Waals surface area contributed by atoms with Crippen LogP contribution in [0.25, 0.3) is 0 Å². The second-order valence-electron chi connectivity index (χ2n) is 4.42. The summed E-state index contributed by atoms with van der Waals surface area (Å²) in [6, 6.07) is 0. The number of allylic oxidation sites excluding steroid dienone is 1. The number of carbonyl (C=O) groups is 1. The fourth-order valence-electron chi connectivity index (χ4n) is 2.07. The third-order valence-corrected chi connectivity index (χ3v) is 3.34. The van der Waals surface area contributed by atoms with Crippen molar-refractivity contribution in [1.29, 1.82) is 0 Å². The van der Waals surface area contributed by atoms with E-state index in [2.05, 4.69) is 19.9 Å². The van der Waals surface area contributed by atoms with Crippen molar-refractivity contribution in [3.8, 4) is 0 Å². The molecule has 0 radical (unpaired) electrons. The molecule has 14 heavy (non-hydrogen) atoms. The Morgan fingerprint density at radius 2 is 2.36 bits per heavy atom. The van der Waals surface area contributed by atoms with Crippen LogP contribution in [0.2, 0.25) is 0 Å². The molecule has 0 N–H and O–H groups in total. The van der Waals surface area contributed by atoms with Gasteiger partial charge in [0.15, 0.2) is 0 Å². The summed E-state index contributed by atoms with van der Waals surface area (Å²) in [6.45, 7) is 7.90. The Morgan fingerprint density at radius 3 is 2.93 bits per heavy atom. The van der Waals surface area contributed by atoms with Crippen molar-refractivity contribution in [3.63, 3.8) is 0 Å². The highest BCUT2D eigenvalue weighted by atomic mass is 16.5. The summed E-state index contributed by atoms with van der Waals surface area (Å²) in [5.74, 6) is 0.468. The Labute approximate surface area is 86.3 Å². The minimum Gasteiger partial charge on any atom is -0.377 e. The van der Waals surface area contributed by atoms with Gasteiger partial charge in [0, 0.05) is 13.0 Å². The zero-order valence-electron chi connectivity index (χ0n) is 9.38. The molecule has 0 fully saturated rings. The van der Waals surface area contributed by atoms with Gasteiger partial charge in [-0.2, -0.15) is 0 Å². The highest BCUT2D eigenvalue weighted by Gasteiger charge is 2.36. The quantitative estimate of drug-likeness (QED) is 0.499. The van der Waals surface area contributed by atoms with Crippen LogP contribution in [0.3, 0.4) is 0 Å². The third kappa shape index (κ3) is 2.24. The van der Waals surface area contributed by atoms with Gasteiger partial charge in [-0.15, -0.1) is 0 Å². The first kappa shape index (κ1) is 11.4. The molecule has 80 valence electrons. The lowest BCUT2D eigenvalue weighted by molar-refractivity contribution is -0.109. The number of carbonyl (C=O) groups excluding carboxylic acids is 1. The van der Waals surface area contributed by atoms with Gasteiger partial charge in [-0.05, 0) is 30.3 Å². The summed E-state index contributed by atoms with van der Waals surface area (Å²) in [7, 11) is 0. The van der Waals surface area contributed by atoms with Gasteiger partial charge in [0.2, 0.25) is 0 Å². The molecule has 0 aromatic carbocycles. The monoisotopic (exact) mass is 196 g/mol. The van der Waals surface area contributed by atoms with Crippen molar-refractivity contribution < 1.29 is 9.53 Å². The third-order valence-electron chi connectivity index (χ3n) is 3.34. The summed E-state index contributed by atoms with van der Waals surface area (Å²) in [5, 5.41) is 0. The van der Waals surface area contributed by atoms with Crippen LogP contribution < -0.4 is 0 Å². The van der Waals surface area contributed by atoms with E-state index in [0.717, 1.165) is 25.9 Å². The van der Waals surface area contributed by atoms with Gasteiger partial charge in [0.1, 0.15) is 6.29 Å². The van der Waals surface area contributed by atoms with Crippen LogP contribution in [-0.2, 0) is 9.53 Å². The molecule has 0 amide bonds. The van der Waals surface area contributed by atoms with E-state index < -0.39 is 0 Å². The molecule has 0 saturated carbocycles. The largest absolute Gasteiger partial charge is 0.377 e. The maximum absolute atomic E-state index is 10.5. The predicted octanol–water partition coefficient (Wildman–Crippen LogP) is 2.58. The minimum absolute atomic E-state index is 0.135. The van der Waals surface area contributed by atoms with Gasteiger partial charge in [-0.3, -0.25) is 0 Å². The second-order valence-corrected chi connectivity index (χ2v) is 4.42. The molecule has 0 heterocycles. The Balaban J connectivity index is 2.58. The number of aldehydes is 1. The molecule has 2 nitrogen and oxygen atoms in total. The van der Waals surface area contributed by atoms with Gasteiger partial charge in [0.25, 0.3) is 0 Å². The lowest BCUT2D eigenvalue weighted by Crippen LogP contribution is -2.24. The average Bonchev–Trinajstić information content (AvgIpc) is 2.41. The first-order valence-electron chi connectivity index (χ1n) is 5.33. The average molecular weight is 196 g/mol. The Hall–Kier alpha value is -0.630. The normalized spacial score (nSPS) is 24.8. The summed E-state index contributed by atoms with van der Waals surface area (Å²) in [4.78, 5) is 10.5. The van der Waals surface area contributed by atoms with Crippen LogP contribution in [0.1, 0.15) is 33.6 Å². The standard InChI is InChI=1S/C12H20O2/c1-4-14-9-11-6-5-10(7-8-13)12(11,2)3/h6,8,10H,4-5,7,9H2,1-3H3/t10-/m1/s1. The van der Waals surface area contributed by atoms with Gasteiger partial charge < -0.3 is 9.53 Å². The van der Waals surface area contributed by atoms with E-state index in [4.69, 9.17) is 4.74 Å². The second kappa shape index (κ2) is 4.74. The van der Waals surface area contributed by atoms with E-state index >= 15 is 0 Å². The summed E-state index contributed by atoms with van der Waals surface area (Å²) >= 11 is 0. The van der Waals surface area contributed by atoms with E-state index in [1.165, 1.54) is 5.57 Å². The van der Waals surface area contributed by atoms with Crippen LogP contribution in [0.5, 0.6) is 0 Å². The minimum atomic E-state index is 0.135. The number of hydrogen-bond acceptors (Lipinski definition) is 2. The van der Waals surface area contributed by atoms with Crippen LogP contribution in [-0.4, -0.2) is 19.5 Å². The Kier molecular flexibility index (Phi) is 3.87. The van der Waals surface area contributed by atoms with Gasteiger partial charge in [-0.1, -0.05) is 19.9 Å². The molecule has 1 rings (SSSR count). The molecule has 2 heteroatoms. The summed E-state index contributed by atoms with van der Waals surface area (Å²) < 4.78 is 5.42. The van der Waals surface area contributed by atoms with Crippen molar-refractivity contribution >= 4 is 6.29 Å². The first-order chi connectivity index (χ1) is 6.62. The van der Waals surface area contributed by atoms with E-state index in [1.807, 2.05) is 6.92 Å². The molecule has 0 aliphatic heterocycles. The molecule has 0 saturated heterocycles. The maximum Gasteiger partial charge on any atom is 0.120 e. The van der Waals surface area contributed by atoms with E-state index in [1.54, 1.807) is 0 Å². The highest BCUT2D eigenvalue weighted by Crippen LogP contribution is 2.44. The number of rotatable bonds is 5. The smallest absolute Gasteiger partial charge is 0.120 e. The molecule has 0 aromatic rings. The number of ether oxygens (including phenoxy) is 1. The van der Waals surface area contributed by atoms with E-state index in [0.29, 0.717) is 12.3 Å². The molecule has 0 unspecified atom stereocenters. The van der Waals surface area contributed by atoms with E-state index in [-0.39, 0.29) is 5.41 Å². The van der Waals surface area contributed by atoms with E-state index in [9.17, 15) is 4.79 Å². The fourth-order valence-corrected chi connectivity index (χ4v) is 2.07. The van der Waals surface area contributed by atoms with Gasteiger partial charge in [-0.25, -0.2) is 0 Å². The molecule has 0 spiro atoms. The van der Waals surface area contributed by atoms with Crippen molar-refractivity contribution in [2.24, 2.45) is 11.3 Å². The molecular formula is C12H20O2.